The fraction of sp³-hybridized carbons (Fsp3) is 0.750. The molecule has 0 bridgehead atoms. The highest BCUT2D eigenvalue weighted by atomic mass is 16.6. The van der Waals surface area contributed by atoms with E-state index in [0.717, 1.165) is 24.6 Å². The lowest BCUT2D eigenvalue weighted by atomic mass is 10.1. The molecular weight excluding hydrogens is 266 g/mol. The molecule has 1 heterocycles. The molecule has 0 radical (unpaired) electrons. The quantitative estimate of drug-likeness (QED) is 0.780. The molecule has 0 saturated heterocycles. The molecule has 1 aromatic heterocycles. The predicted octanol–water partition coefficient (Wildman–Crippen LogP) is 3.73. The molecule has 21 heavy (non-hydrogen) atoms. The molecule has 5 heteroatoms. The smallest absolute Gasteiger partial charge is 0.407 e. The van der Waals surface area contributed by atoms with Crippen molar-refractivity contribution in [3.8, 4) is 0 Å². The van der Waals surface area contributed by atoms with E-state index in [1.165, 1.54) is 12.8 Å². The normalized spacial score (nSPS) is 11.7. The van der Waals surface area contributed by atoms with Crippen molar-refractivity contribution in [3.63, 3.8) is 0 Å². The number of hydrogen-bond acceptors (Lipinski definition) is 3. The Bertz CT molecular complexity index is 433. The maximum absolute atomic E-state index is 11.6. The summed E-state index contributed by atoms with van der Waals surface area (Å²) in [4.78, 5) is 15.8. The van der Waals surface area contributed by atoms with E-state index in [1.54, 1.807) is 6.20 Å². The highest BCUT2D eigenvalue weighted by Gasteiger charge is 2.16. The van der Waals surface area contributed by atoms with E-state index < -0.39 is 11.7 Å². The largest absolute Gasteiger partial charge is 0.444 e. The molecular formula is C16H29N3O2. The Labute approximate surface area is 128 Å². The zero-order valence-corrected chi connectivity index (χ0v) is 14.0. The van der Waals surface area contributed by atoms with Crippen LogP contribution in [0.3, 0.4) is 0 Å². The number of hydrogen-bond donors (Lipinski definition) is 1. The zero-order valence-electron chi connectivity index (χ0n) is 14.0. The highest BCUT2D eigenvalue weighted by molar-refractivity contribution is 5.67. The van der Waals surface area contributed by atoms with Gasteiger partial charge in [-0.05, 0) is 33.1 Å². The fourth-order valence-electron chi connectivity index (χ4n) is 2.01. The average molecular weight is 295 g/mol. The minimum absolute atomic E-state index is 0.393. The Morgan fingerprint density at radius 2 is 2.10 bits per heavy atom. The standard InChI is InChI=1S/C16H29N3O2/c1-13(2)8-6-7-9-19-12-17-10-14(19)11-18-15(20)21-16(3,4)5/h10,12-13H,6-9,11H2,1-5H3,(H,18,20). The SMILES string of the molecule is CC(C)CCCCn1cncc1CNC(=O)OC(C)(C)C. The van der Waals surface area contributed by atoms with E-state index in [0.29, 0.717) is 6.54 Å². The molecule has 1 aromatic rings. The van der Waals surface area contributed by atoms with Gasteiger partial charge in [-0.3, -0.25) is 0 Å². The van der Waals surface area contributed by atoms with Crippen LogP contribution in [0.1, 0.15) is 59.6 Å². The number of ether oxygens (including phenoxy) is 1. The van der Waals surface area contributed by atoms with Crippen molar-refractivity contribution in [2.45, 2.75) is 72.6 Å². The van der Waals surface area contributed by atoms with Crippen LogP contribution in [0.15, 0.2) is 12.5 Å². The number of amides is 1. The Hall–Kier alpha value is -1.52. The molecule has 1 amide bonds. The van der Waals surface area contributed by atoms with Crippen molar-refractivity contribution in [2.75, 3.05) is 0 Å². The molecule has 0 unspecified atom stereocenters. The highest BCUT2D eigenvalue weighted by Crippen LogP contribution is 2.10. The van der Waals surface area contributed by atoms with Gasteiger partial charge < -0.3 is 14.6 Å². The van der Waals surface area contributed by atoms with Crippen LogP contribution in [0.2, 0.25) is 0 Å². The molecule has 0 saturated carbocycles. The third-order valence-corrected chi connectivity index (χ3v) is 3.04. The number of aryl methyl sites for hydroxylation is 1. The fourth-order valence-corrected chi connectivity index (χ4v) is 2.01. The Kier molecular flexibility index (Phi) is 6.72. The molecule has 0 aromatic carbocycles. The first kappa shape index (κ1) is 17.5. The van der Waals surface area contributed by atoms with Crippen molar-refractivity contribution < 1.29 is 9.53 Å². The van der Waals surface area contributed by atoms with E-state index in [1.807, 2.05) is 27.1 Å². The molecule has 0 fully saturated rings. The summed E-state index contributed by atoms with van der Waals surface area (Å²) in [6, 6.07) is 0. The van der Waals surface area contributed by atoms with Crippen LogP contribution >= 0.6 is 0 Å². The van der Waals surface area contributed by atoms with Crippen LogP contribution in [0.4, 0.5) is 4.79 Å². The second kappa shape index (κ2) is 8.05. The molecule has 0 atom stereocenters. The van der Waals surface area contributed by atoms with Gasteiger partial charge in [-0.2, -0.15) is 0 Å². The zero-order chi connectivity index (χ0) is 15.9. The summed E-state index contributed by atoms with van der Waals surface area (Å²) in [6.07, 6.45) is 6.82. The van der Waals surface area contributed by atoms with Crippen molar-refractivity contribution in [1.82, 2.24) is 14.9 Å². The minimum Gasteiger partial charge on any atom is -0.444 e. The molecule has 5 nitrogen and oxygen atoms in total. The number of imidazole rings is 1. The van der Waals surface area contributed by atoms with Crippen molar-refractivity contribution in [2.24, 2.45) is 5.92 Å². The van der Waals surface area contributed by atoms with Gasteiger partial charge in [0.25, 0.3) is 0 Å². The molecule has 0 aliphatic heterocycles. The molecule has 0 spiro atoms. The number of carbonyl (C=O) groups excluding carboxylic acids is 1. The van der Waals surface area contributed by atoms with Crippen molar-refractivity contribution >= 4 is 6.09 Å². The molecule has 1 rings (SSSR count). The van der Waals surface area contributed by atoms with E-state index >= 15 is 0 Å². The lowest BCUT2D eigenvalue weighted by molar-refractivity contribution is 0.0522. The van der Waals surface area contributed by atoms with E-state index in [4.69, 9.17) is 4.74 Å². The molecule has 120 valence electrons. The van der Waals surface area contributed by atoms with Gasteiger partial charge in [0.05, 0.1) is 18.6 Å². The van der Waals surface area contributed by atoms with E-state index in [9.17, 15) is 4.79 Å². The second-order valence-electron chi connectivity index (χ2n) is 6.82. The monoisotopic (exact) mass is 295 g/mol. The maximum atomic E-state index is 11.6. The van der Waals surface area contributed by atoms with Gasteiger partial charge in [-0.1, -0.05) is 26.7 Å². The Morgan fingerprint density at radius 1 is 1.38 bits per heavy atom. The summed E-state index contributed by atoms with van der Waals surface area (Å²) in [5.41, 5.74) is 0.534. The first-order valence-corrected chi connectivity index (χ1v) is 7.74. The van der Waals surface area contributed by atoms with Gasteiger partial charge in [0.2, 0.25) is 0 Å². The van der Waals surface area contributed by atoms with Crippen LogP contribution < -0.4 is 5.32 Å². The number of unbranched alkanes of at least 4 members (excludes halogenated alkanes) is 1. The van der Waals surface area contributed by atoms with Crippen molar-refractivity contribution in [1.29, 1.82) is 0 Å². The summed E-state index contributed by atoms with van der Waals surface area (Å²) in [7, 11) is 0. The lowest BCUT2D eigenvalue weighted by Gasteiger charge is -2.19. The molecule has 1 N–H and O–H groups in total. The lowest BCUT2D eigenvalue weighted by Crippen LogP contribution is -2.32. The number of alkyl carbamates (subject to hydrolysis) is 1. The summed E-state index contributed by atoms with van der Waals surface area (Å²) in [5, 5.41) is 2.77. The molecule has 0 aliphatic rings. The van der Waals surface area contributed by atoms with Gasteiger partial charge in [-0.25, -0.2) is 9.78 Å². The topological polar surface area (TPSA) is 56.2 Å². The van der Waals surface area contributed by atoms with Gasteiger partial charge in [0.1, 0.15) is 5.60 Å². The number of nitrogens with zero attached hydrogens (tertiary/aromatic N) is 2. The van der Waals surface area contributed by atoms with Gasteiger partial charge in [0.15, 0.2) is 0 Å². The first-order valence-electron chi connectivity index (χ1n) is 7.74. The predicted molar refractivity (Wildman–Crippen MR) is 84.0 cm³/mol. The number of nitrogens with one attached hydrogen (secondary N) is 1. The summed E-state index contributed by atoms with van der Waals surface area (Å²) in [6.45, 7) is 11.4. The van der Waals surface area contributed by atoms with Crippen LogP contribution in [0.5, 0.6) is 0 Å². The first-order chi connectivity index (χ1) is 9.78. The minimum atomic E-state index is -0.471. The number of carbonyl (C=O) groups is 1. The summed E-state index contributed by atoms with van der Waals surface area (Å²) in [5.74, 6) is 0.751. The van der Waals surface area contributed by atoms with Gasteiger partial charge in [0, 0.05) is 12.7 Å². The van der Waals surface area contributed by atoms with E-state index in [2.05, 4.69) is 28.7 Å². The van der Waals surface area contributed by atoms with E-state index in [-0.39, 0.29) is 0 Å². The van der Waals surface area contributed by atoms with Crippen molar-refractivity contribution in [3.05, 3.63) is 18.2 Å². The maximum Gasteiger partial charge on any atom is 0.407 e. The Morgan fingerprint density at radius 3 is 2.71 bits per heavy atom. The van der Waals surface area contributed by atoms with Crippen LogP contribution in [-0.2, 0) is 17.8 Å². The Balaban J connectivity index is 2.36. The van der Waals surface area contributed by atoms with Gasteiger partial charge >= 0.3 is 6.09 Å². The van der Waals surface area contributed by atoms with Crippen LogP contribution in [0, 0.1) is 5.92 Å². The number of rotatable bonds is 7. The van der Waals surface area contributed by atoms with Gasteiger partial charge in [-0.15, -0.1) is 0 Å². The summed E-state index contributed by atoms with van der Waals surface area (Å²) < 4.78 is 7.32. The second-order valence-corrected chi connectivity index (χ2v) is 6.82. The third-order valence-electron chi connectivity index (χ3n) is 3.04. The average Bonchev–Trinajstić information content (AvgIpc) is 2.77. The van der Waals surface area contributed by atoms with Crippen LogP contribution in [-0.4, -0.2) is 21.2 Å². The summed E-state index contributed by atoms with van der Waals surface area (Å²) >= 11 is 0. The number of aromatic nitrogens is 2. The van der Waals surface area contributed by atoms with Crippen LogP contribution in [0.25, 0.3) is 0 Å². The molecule has 0 aliphatic carbocycles. The third kappa shape index (κ3) is 7.73.